The summed E-state index contributed by atoms with van der Waals surface area (Å²) >= 11 is -2.51. The Labute approximate surface area is 292 Å². The molecule has 0 spiro atoms. The molecule has 0 saturated heterocycles. The minimum Gasteiger partial charge on any atom is -1.00 e. The van der Waals surface area contributed by atoms with Crippen molar-refractivity contribution in [3.05, 3.63) is 152 Å². The fraction of sp³-hybridized carbons (Fsp3) is 0.310. The van der Waals surface area contributed by atoms with Gasteiger partial charge >= 0.3 is 269 Å². The van der Waals surface area contributed by atoms with E-state index in [0.717, 1.165) is 19.3 Å². The number of benzene rings is 4. The molecule has 0 bridgehead atoms. The van der Waals surface area contributed by atoms with Gasteiger partial charge in [0, 0.05) is 0 Å². The third-order valence-electron chi connectivity index (χ3n) is 9.35. The maximum atomic E-state index is 2.61. The molecule has 4 aromatic rings. The monoisotopic (exact) mass is 710 g/mol. The van der Waals surface area contributed by atoms with Crippen LogP contribution in [-0.4, -0.2) is 3.21 Å². The van der Waals surface area contributed by atoms with E-state index >= 15 is 0 Å². The van der Waals surface area contributed by atoms with Gasteiger partial charge in [-0.2, -0.15) is 0 Å². The molecule has 3 heteroatoms. The van der Waals surface area contributed by atoms with E-state index in [9.17, 15) is 0 Å². The van der Waals surface area contributed by atoms with Crippen LogP contribution in [0.5, 0.6) is 0 Å². The Balaban J connectivity index is 0.00000230. The molecule has 232 valence electrons. The van der Waals surface area contributed by atoms with E-state index in [2.05, 4.69) is 157 Å². The summed E-state index contributed by atoms with van der Waals surface area (Å²) in [5.41, 5.74) is 12.2. The van der Waals surface area contributed by atoms with Gasteiger partial charge in [-0.25, -0.2) is 0 Å². The predicted molar refractivity (Wildman–Crippen MR) is 183 cm³/mol. The van der Waals surface area contributed by atoms with Crippen LogP contribution < -0.4 is 24.8 Å². The number of hydrogen-bond donors (Lipinski definition) is 0. The molecule has 0 nitrogen and oxygen atoms in total. The maximum absolute atomic E-state index is 2.61. The SMILES string of the molecule is CC(C)(C)c1ccc2c(c1)[CH](/[Zr+2]([C]1=CC=CC1)=[C](/CCc1ccccc1)Cc1ccccc1)c1cc(C(C)(C)C)ccc1-2.[Cl-].[Cl-]. The second-order valence-corrected chi connectivity index (χ2v) is 21.3. The Kier molecular flexibility index (Phi) is 11.6. The smallest absolute Gasteiger partial charge is 1.00 e. The Morgan fingerprint density at radius 1 is 0.667 bits per heavy atom. The van der Waals surface area contributed by atoms with Gasteiger partial charge in [0.15, 0.2) is 0 Å². The van der Waals surface area contributed by atoms with Crippen molar-refractivity contribution in [3.8, 4) is 11.1 Å². The topological polar surface area (TPSA) is 0 Å². The summed E-state index contributed by atoms with van der Waals surface area (Å²) in [6, 6.07) is 37.3. The molecule has 2 aliphatic rings. The average molecular weight is 713 g/mol. The van der Waals surface area contributed by atoms with Crippen molar-refractivity contribution in [3.63, 3.8) is 0 Å². The van der Waals surface area contributed by atoms with Crippen LogP contribution in [0.3, 0.4) is 0 Å². The van der Waals surface area contributed by atoms with E-state index in [4.69, 9.17) is 0 Å². The van der Waals surface area contributed by atoms with E-state index in [1.54, 1.807) is 14.4 Å². The number of fused-ring (bicyclic) bond motifs is 3. The van der Waals surface area contributed by atoms with Gasteiger partial charge in [-0.1, -0.05) is 0 Å². The fourth-order valence-electron chi connectivity index (χ4n) is 6.87. The fourth-order valence-corrected chi connectivity index (χ4v) is 16.1. The van der Waals surface area contributed by atoms with Crippen molar-refractivity contribution in [1.29, 1.82) is 0 Å². The van der Waals surface area contributed by atoms with Crippen LogP contribution >= 0.6 is 0 Å². The first-order valence-corrected chi connectivity index (χ1v) is 19.9. The molecule has 0 saturated carbocycles. The molecular formula is C42H46Cl2Zr. The minimum atomic E-state index is -2.51. The van der Waals surface area contributed by atoms with Gasteiger partial charge in [0.1, 0.15) is 0 Å². The van der Waals surface area contributed by atoms with Crippen molar-refractivity contribution in [2.45, 2.75) is 81.7 Å². The normalized spacial score (nSPS) is 14.2. The molecule has 0 N–H and O–H groups in total. The molecular weight excluding hydrogens is 667 g/mol. The third kappa shape index (κ3) is 7.81. The largest absolute Gasteiger partial charge is 1.00 e. The molecule has 0 heterocycles. The molecule has 0 atom stereocenters. The third-order valence-corrected chi connectivity index (χ3v) is 17.8. The van der Waals surface area contributed by atoms with Gasteiger partial charge in [-0.15, -0.1) is 0 Å². The molecule has 0 aliphatic heterocycles. The van der Waals surface area contributed by atoms with E-state index in [-0.39, 0.29) is 35.6 Å². The molecule has 45 heavy (non-hydrogen) atoms. The number of hydrogen-bond acceptors (Lipinski definition) is 0. The molecule has 0 unspecified atom stereocenters. The first-order valence-electron chi connectivity index (χ1n) is 16.0. The number of rotatable bonds is 7. The van der Waals surface area contributed by atoms with Crippen molar-refractivity contribution in [2.75, 3.05) is 0 Å². The maximum Gasteiger partial charge on any atom is -1.00 e. The summed E-state index contributed by atoms with van der Waals surface area (Å²) in [6.07, 6.45) is 11.8. The van der Waals surface area contributed by atoms with E-state index in [1.165, 1.54) is 39.8 Å². The van der Waals surface area contributed by atoms with Crippen molar-refractivity contribution in [2.24, 2.45) is 0 Å². The predicted octanol–water partition coefficient (Wildman–Crippen LogP) is 4.87. The summed E-state index contributed by atoms with van der Waals surface area (Å²) in [5, 5.41) is 0. The standard InChI is InChI=1S/C21H25.C16H16.C5H5.2ClH.Zr/c1-20(2,3)16-7-9-18-14(12-16)11-15-13-17(21(4,5)6)8-10-19(15)18;1-3-9-15(10-4-1)13-7-8-14-16-11-5-2-6-12-16;1-2-4-5-3-1;;;/h7-13H,1-6H3;1-6,9-12H,7,13-14H2;1-3H,4H2;2*1H;/q;;;;;+2/p-2. The Morgan fingerprint density at radius 3 is 1.64 bits per heavy atom. The molecule has 4 aromatic carbocycles. The van der Waals surface area contributed by atoms with Crippen LogP contribution in [0.2, 0.25) is 0 Å². The zero-order valence-corrected chi connectivity index (χ0v) is 31.6. The van der Waals surface area contributed by atoms with Gasteiger partial charge in [0.05, 0.1) is 0 Å². The first-order chi connectivity index (χ1) is 20.6. The molecule has 2 aliphatic carbocycles. The van der Waals surface area contributed by atoms with Gasteiger partial charge in [-0.05, 0) is 0 Å². The molecule has 6 rings (SSSR count). The van der Waals surface area contributed by atoms with Gasteiger partial charge < -0.3 is 24.8 Å². The number of halogens is 2. The Bertz CT molecular complexity index is 1650. The summed E-state index contributed by atoms with van der Waals surface area (Å²) in [5.74, 6) is 0. The number of aryl methyl sites for hydroxylation is 1. The second kappa shape index (κ2) is 14.6. The summed E-state index contributed by atoms with van der Waals surface area (Å²) < 4.78 is 4.10. The van der Waals surface area contributed by atoms with E-state index < -0.39 is 21.3 Å². The van der Waals surface area contributed by atoms with Crippen LogP contribution in [0.1, 0.15) is 91.4 Å². The average Bonchev–Trinajstić information content (AvgIpc) is 3.63. The molecule has 0 radical (unpaired) electrons. The Morgan fingerprint density at radius 2 is 1.18 bits per heavy atom. The molecule has 0 amide bonds. The summed E-state index contributed by atoms with van der Waals surface area (Å²) in [4.78, 5) is 0. The van der Waals surface area contributed by atoms with Crippen molar-refractivity contribution >= 4 is 3.21 Å². The van der Waals surface area contributed by atoms with Crippen LogP contribution in [0.25, 0.3) is 11.1 Å². The van der Waals surface area contributed by atoms with Crippen LogP contribution in [-0.2, 0) is 44.9 Å². The van der Waals surface area contributed by atoms with Gasteiger partial charge in [0.2, 0.25) is 0 Å². The van der Waals surface area contributed by atoms with Crippen LogP contribution in [0, 0.1) is 0 Å². The summed E-state index contributed by atoms with van der Waals surface area (Å²) in [7, 11) is 0. The quantitative estimate of drug-likeness (QED) is 0.257. The van der Waals surface area contributed by atoms with Crippen molar-refractivity contribution < 1.29 is 46.1 Å². The summed E-state index contributed by atoms with van der Waals surface area (Å²) in [6.45, 7) is 14.2. The van der Waals surface area contributed by atoms with Gasteiger partial charge in [-0.3, -0.25) is 0 Å². The first kappa shape index (κ1) is 35.5. The Hall–Kier alpha value is -2.31. The zero-order valence-electron chi connectivity index (χ0n) is 27.6. The van der Waals surface area contributed by atoms with Gasteiger partial charge in [0.25, 0.3) is 0 Å². The molecule has 0 aromatic heterocycles. The molecule has 0 fully saturated rings. The van der Waals surface area contributed by atoms with Crippen LogP contribution in [0.4, 0.5) is 0 Å². The van der Waals surface area contributed by atoms with E-state index in [1.807, 2.05) is 3.21 Å². The minimum absolute atomic E-state index is 0. The number of allylic oxidation sites excluding steroid dienone is 4. The van der Waals surface area contributed by atoms with Crippen LogP contribution in [0.15, 0.2) is 119 Å². The second-order valence-electron chi connectivity index (χ2n) is 14.5. The van der Waals surface area contributed by atoms with Crippen molar-refractivity contribution in [1.82, 2.24) is 0 Å². The van der Waals surface area contributed by atoms with E-state index in [0.29, 0.717) is 3.63 Å². The zero-order chi connectivity index (χ0) is 30.2.